The summed E-state index contributed by atoms with van der Waals surface area (Å²) < 4.78 is 13.6. The molecule has 0 saturated carbocycles. The van der Waals surface area contributed by atoms with E-state index in [2.05, 4.69) is 22.2 Å². The second-order valence-corrected chi connectivity index (χ2v) is 9.58. The molecule has 0 spiro atoms. The number of aromatic amines is 1. The molecule has 1 atom stereocenters. The maximum Gasteiger partial charge on any atom is 0.231 e. The fourth-order valence-corrected chi connectivity index (χ4v) is 5.38. The third-order valence-electron chi connectivity index (χ3n) is 6.26. The zero-order valence-corrected chi connectivity index (χ0v) is 19.6. The second kappa shape index (κ2) is 9.38. The van der Waals surface area contributed by atoms with Crippen molar-refractivity contribution in [2.75, 3.05) is 18.4 Å². The lowest BCUT2D eigenvalue weighted by Crippen LogP contribution is -2.30. The van der Waals surface area contributed by atoms with Gasteiger partial charge in [-0.15, -0.1) is 11.3 Å². The first-order chi connectivity index (χ1) is 16.5. The van der Waals surface area contributed by atoms with E-state index in [0.717, 1.165) is 39.0 Å². The predicted molar refractivity (Wildman–Crippen MR) is 132 cm³/mol. The number of nitrogens with zero attached hydrogens (tertiary/aromatic N) is 2. The van der Waals surface area contributed by atoms with Gasteiger partial charge in [-0.05, 0) is 36.6 Å². The van der Waals surface area contributed by atoms with Crippen molar-refractivity contribution in [1.29, 1.82) is 0 Å². The normalized spacial score (nSPS) is 15.9. The number of thiazole rings is 1. The molecule has 4 aromatic rings. The summed E-state index contributed by atoms with van der Waals surface area (Å²) in [5.74, 6) is -0.918. The average Bonchev–Trinajstić information content (AvgIpc) is 3.54. The van der Waals surface area contributed by atoms with Crippen molar-refractivity contribution in [3.05, 3.63) is 71.0 Å². The van der Waals surface area contributed by atoms with Gasteiger partial charge in [0, 0.05) is 47.1 Å². The van der Waals surface area contributed by atoms with Crippen LogP contribution >= 0.6 is 11.3 Å². The summed E-state index contributed by atoms with van der Waals surface area (Å²) in [5, 5.41) is 4.32. The number of nitrogens with one attached hydrogen (secondary N) is 2. The van der Waals surface area contributed by atoms with Crippen molar-refractivity contribution in [2.45, 2.75) is 26.2 Å². The number of hydrogen-bond donors (Lipinski definition) is 2. The van der Waals surface area contributed by atoms with E-state index < -0.39 is 5.92 Å². The fraction of sp³-hybridized carbons (Fsp3) is 0.269. The number of H-pyrrole nitrogens is 1. The van der Waals surface area contributed by atoms with E-state index in [1.54, 1.807) is 11.0 Å². The van der Waals surface area contributed by atoms with E-state index in [4.69, 9.17) is 0 Å². The summed E-state index contributed by atoms with van der Waals surface area (Å²) in [7, 11) is 0. The second-order valence-electron chi connectivity index (χ2n) is 8.49. The van der Waals surface area contributed by atoms with Gasteiger partial charge < -0.3 is 15.2 Å². The molecule has 0 bridgehead atoms. The van der Waals surface area contributed by atoms with Crippen LogP contribution in [0.2, 0.25) is 0 Å². The molecule has 0 unspecified atom stereocenters. The summed E-state index contributed by atoms with van der Waals surface area (Å²) in [6, 6.07) is 14.6. The monoisotopic (exact) mass is 476 g/mol. The van der Waals surface area contributed by atoms with Crippen molar-refractivity contribution in [3.8, 4) is 11.3 Å². The molecule has 3 heterocycles. The Morgan fingerprint density at radius 2 is 2.09 bits per heavy atom. The number of aryl methyl sites for hydroxylation is 1. The lowest BCUT2D eigenvalue weighted by atomic mass is 10.1. The van der Waals surface area contributed by atoms with Crippen LogP contribution < -0.4 is 5.32 Å². The standard InChI is InChI=1S/C26H25FN4O2S/c1-2-22-24(16-6-4-3-5-7-16)29-26(34-22)30-25(33)18-12-23(32)31(15-18)11-10-17-14-28-21-9-8-19(27)13-20(17)21/h3-9,13-14,18,28H,2,10-12,15H2,1H3,(H,29,30,33)/t18-/m0/s1. The summed E-state index contributed by atoms with van der Waals surface area (Å²) in [6.07, 6.45) is 3.46. The number of carbonyl (C=O) groups is 2. The molecule has 0 radical (unpaired) electrons. The van der Waals surface area contributed by atoms with E-state index in [1.807, 2.05) is 36.5 Å². The van der Waals surface area contributed by atoms with Crippen LogP contribution in [0.25, 0.3) is 22.2 Å². The molecule has 2 amide bonds. The highest BCUT2D eigenvalue weighted by Crippen LogP contribution is 2.32. The van der Waals surface area contributed by atoms with Gasteiger partial charge in [-0.25, -0.2) is 9.37 Å². The third kappa shape index (κ3) is 4.46. The Kier molecular flexibility index (Phi) is 6.15. The quantitative estimate of drug-likeness (QED) is 0.393. The molecule has 174 valence electrons. The van der Waals surface area contributed by atoms with Crippen molar-refractivity contribution in [3.63, 3.8) is 0 Å². The number of carbonyl (C=O) groups excluding carboxylic acids is 2. The van der Waals surface area contributed by atoms with Crippen LogP contribution in [0.3, 0.4) is 0 Å². The first-order valence-electron chi connectivity index (χ1n) is 11.4. The fourth-order valence-electron chi connectivity index (χ4n) is 4.45. The van der Waals surface area contributed by atoms with Crippen molar-refractivity contribution >= 4 is 39.2 Å². The zero-order chi connectivity index (χ0) is 23.7. The Bertz CT molecular complexity index is 1350. The topological polar surface area (TPSA) is 78.1 Å². The number of fused-ring (bicyclic) bond motifs is 1. The molecule has 8 heteroatoms. The first-order valence-corrected chi connectivity index (χ1v) is 12.2. The average molecular weight is 477 g/mol. The van der Waals surface area contributed by atoms with Gasteiger partial charge in [-0.2, -0.15) is 0 Å². The minimum atomic E-state index is -0.415. The minimum absolute atomic E-state index is 0.0375. The molecule has 2 aromatic carbocycles. The number of amides is 2. The maximum atomic E-state index is 13.6. The Morgan fingerprint density at radius 1 is 1.26 bits per heavy atom. The zero-order valence-electron chi connectivity index (χ0n) is 18.8. The Balaban J connectivity index is 1.22. The van der Waals surface area contributed by atoms with Crippen LogP contribution in [0.15, 0.2) is 54.7 Å². The van der Waals surface area contributed by atoms with Crippen LogP contribution in [-0.4, -0.2) is 39.8 Å². The number of likely N-dealkylation sites (tertiary alicyclic amines) is 1. The number of benzene rings is 2. The number of halogens is 1. The van der Waals surface area contributed by atoms with Crippen LogP contribution in [-0.2, 0) is 22.4 Å². The molecule has 6 nitrogen and oxygen atoms in total. The van der Waals surface area contributed by atoms with Gasteiger partial charge in [0.2, 0.25) is 11.8 Å². The van der Waals surface area contributed by atoms with E-state index in [-0.39, 0.29) is 24.1 Å². The van der Waals surface area contributed by atoms with Gasteiger partial charge in [0.15, 0.2) is 5.13 Å². The van der Waals surface area contributed by atoms with Crippen molar-refractivity contribution < 1.29 is 14.0 Å². The molecule has 34 heavy (non-hydrogen) atoms. The van der Waals surface area contributed by atoms with Crippen molar-refractivity contribution in [2.24, 2.45) is 5.92 Å². The first kappa shape index (κ1) is 22.3. The Morgan fingerprint density at radius 3 is 2.88 bits per heavy atom. The Hall–Kier alpha value is -3.52. The molecule has 5 rings (SSSR count). The lowest BCUT2D eigenvalue weighted by molar-refractivity contribution is -0.128. The molecule has 0 aliphatic carbocycles. The highest BCUT2D eigenvalue weighted by atomic mass is 32.1. The lowest BCUT2D eigenvalue weighted by Gasteiger charge is -2.16. The van der Waals surface area contributed by atoms with Gasteiger partial charge >= 0.3 is 0 Å². The highest BCUT2D eigenvalue weighted by molar-refractivity contribution is 7.16. The Labute approximate surface area is 200 Å². The summed E-state index contributed by atoms with van der Waals surface area (Å²) in [5.41, 5.74) is 3.74. The molecular weight excluding hydrogens is 451 g/mol. The largest absolute Gasteiger partial charge is 0.361 e. The molecule has 2 aromatic heterocycles. The number of anilines is 1. The summed E-state index contributed by atoms with van der Waals surface area (Å²) in [4.78, 5) is 36.1. The predicted octanol–water partition coefficient (Wildman–Crippen LogP) is 5.02. The molecule has 1 aliphatic heterocycles. The van der Waals surface area contributed by atoms with Crippen LogP contribution in [0.1, 0.15) is 23.8 Å². The molecule has 1 fully saturated rings. The summed E-state index contributed by atoms with van der Waals surface area (Å²) in [6.45, 7) is 2.93. The van der Waals surface area contributed by atoms with Gasteiger partial charge in [0.25, 0.3) is 0 Å². The van der Waals surface area contributed by atoms with Gasteiger partial charge in [-0.1, -0.05) is 37.3 Å². The maximum absolute atomic E-state index is 13.6. The molecule has 1 aliphatic rings. The van der Waals surface area contributed by atoms with Crippen LogP contribution in [0, 0.1) is 11.7 Å². The number of hydrogen-bond acceptors (Lipinski definition) is 4. The van der Waals surface area contributed by atoms with Gasteiger partial charge in [0.1, 0.15) is 5.82 Å². The number of rotatable bonds is 7. The van der Waals surface area contributed by atoms with Crippen LogP contribution in [0.5, 0.6) is 0 Å². The van der Waals surface area contributed by atoms with E-state index in [9.17, 15) is 14.0 Å². The highest BCUT2D eigenvalue weighted by Gasteiger charge is 2.34. The van der Waals surface area contributed by atoms with E-state index in [1.165, 1.54) is 23.5 Å². The van der Waals surface area contributed by atoms with Gasteiger partial charge in [-0.3, -0.25) is 9.59 Å². The molecule has 1 saturated heterocycles. The number of aromatic nitrogens is 2. The third-order valence-corrected chi connectivity index (χ3v) is 7.38. The van der Waals surface area contributed by atoms with Crippen LogP contribution in [0.4, 0.5) is 9.52 Å². The molecular formula is C26H25FN4O2S. The van der Waals surface area contributed by atoms with Gasteiger partial charge in [0.05, 0.1) is 11.6 Å². The van der Waals surface area contributed by atoms with E-state index >= 15 is 0 Å². The smallest absolute Gasteiger partial charge is 0.231 e. The minimum Gasteiger partial charge on any atom is -0.361 e. The van der Waals surface area contributed by atoms with E-state index in [0.29, 0.717) is 24.6 Å². The van der Waals surface area contributed by atoms with Crippen molar-refractivity contribution in [1.82, 2.24) is 14.9 Å². The summed E-state index contributed by atoms with van der Waals surface area (Å²) >= 11 is 1.48. The molecule has 2 N–H and O–H groups in total. The SMILES string of the molecule is CCc1sc(NC(=O)[C@H]2CC(=O)N(CCc3c[nH]c4ccc(F)cc34)C2)nc1-c1ccccc1.